The summed E-state index contributed by atoms with van der Waals surface area (Å²) in [6.07, 6.45) is 3.46. The highest BCUT2D eigenvalue weighted by molar-refractivity contribution is 5.46. The van der Waals surface area contributed by atoms with Gasteiger partial charge in [-0.1, -0.05) is 13.0 Å². The lowest BCUT2D eigenvalue weighted by atomic mass is 10.0. The molecule has 2 aromatic rings. The molecule has 1 atom stereocenters. The first kappa shape index (κ1) is 12.1. The Bertz CT molecular complexity index is 536. The minimum Gasteiger partial charge on any atom is -0.486 e. The summed E-state index contributed by atoms with van der Waals surface area (Å²) in [4.78, 5) is 0. The lowest BCUT2D eigenvalue weighted by Crippen LogP contribution is -2.22. The summed E-state index contributed by atoms with van der Waals surface area (Å²) < 4.78 is 16.4. The van der Waals surface area contributed by atoms with Crippen LogP contribution in [0.15, 0.2) is 41.2 Å². The summed E-state index contributed by atoms with van der Waals surface area (Å²) in [7, 11) is 0. The summed E-state index contributed by atoms with van der Waals surface area (Å²) in [5.41, 5.74) is 2.26. The molecule has 0 fully saturated rings. The molecule has 0 amide bonds. The molecular weight excluding hydrogens is 242 g/mol. The van der Waals surface area contributed by atoms with E-state index in [0.29, 0.717) is 13.2 Å². The molecule has 0 spiro atoms. The van der Waals surface area contributed by atoms with Crippen LogP contribution in [0.25, 0.3) is 0 Å². The Morgan fingerprint density at radius 2 is 1.95 bits per heavy atom. The Labute approximate surface area is 112 Å². The Morgan fingerprint density at radius 3 is 2.68 bits per heavy atom. The number of hydrogen-bond donors (Lipinski definition) is 1. The molecule has 19 heavy (non-hydrogen) atoms. The van der Waals surface area contributed by atoms with Gasteiger partial charge in [-0.15, -0.1) is 0 Å². The van der Waals surface area contributed by atoms with E-state index in [1.54, 1.807) is 12.5 Å². The van der Waals surface area contributed by atoms with Gasteiger partial charge in [0, 0.05) is 5.56 Å². The van der Waals surface area contributed by atoms with E-state index >= 15 is 0 Å². The molecule has 4 nitrogen and oxygen atoms in total. The molecule has 0 saturated carbocycles. The zero-order valence-corrected chi connectivity index (χ0v) is 10.9. The molecule has 0 bridgehead atoms. The van der Waals surface area contributed by atoms with Crippen molar-refractivity contribution in [1.29, 1.82) is 0 Å². The molecule has 2 heterocycles. The molecule has 1 N–H and O–H groups in total. The van der Waals surface area contributed by atoms with Gasteiger partial charge < -0.3 is 19.2 Å². The van der Waals surface area contributed by atoms with Gasteiger partial charge >= 0.3 is 0 Å². The van der Waals surface area contributed by atoms with Gasteiger partial charge in [-0.2, -0.15) is 0 Å². The van der Waals surface area contributed by atoms with Gasteiger partial charge in [0.15, 0.2) is 11.5 Å². The van der Waals surface area contributed by atoms with Crippen LogP contribution in [-0.2, 0) is 0 Å². The van der Waals surface area contributed by atoms with Gasteiger partial charge in [-0.3, -0.25) is 0 Å². The highest BCUT2D eigenvalue weighted by atomic mass is 16.6. The van der Waals surface area contributed by atoms with E-state index in [-0.39, 0.29) is 6.04 Å². The van der Waals surface area contributed by atoms with Crippen molar-refractivity contribution in [3.05, 3.63) is 47.9 Å². The fourth-order valence-corrected chi connectivity index (χ4v) is 2.31. The van der Waals surface area contributed by atoms with E-state index in [0.717, 1.165) is 29.2 Å². The summed E-state index contributed by atoms with van der Waals surface area (Å²) in [6.45, 7) is 4.19. The number of ether oxygens (including phenoxy) is 2. The quantitative estimate of drug-likeness (QED) is 0.917. The molecule has 1 aliphatic heterocycles. The van der Waals surface area contributed by atoms with Crippen molar-refractivity contribution < 1.29 is 13.9 Å². The molecule has 1 unspecified atom stereocenters. The van der Waals surface area contributed by atoms with E-state index in [2.05, 4.69) is 18.3 Å². The van der Waals surface area contributed by atoms with E-state index in [1.165, 1.54) is 0 Å². The van der Waals surface area contributed by atoms with Crippen molar-refractivity contribution in [2.45, 2.75) is 13.0 Å². The molecule has 0 saturated heterocycles. The molecule has 1 aromatic carbocycles. The first-order valence-electron chi connectivity index (χ1n) is 6.53. The third-order valence-electron chi connectivity index (χ3n) is 3.18. The Balaban J connectivity index is 1.94. The second-order valence-electron chi connectivity index (χ2n) is 4.45. The fourth-order valence-electron chi connectivity index (χ4n) is 2.31. The molecule has 0 radical (unpaired) electrons. The average molecular weight is 259 g/mol. The number of hydrogen-bond acceptors (Lipinski definition) is 4. The van der Waals surface area contributed by atoms with Crippen LogP contribution in [0.5, 0.6) is 11.5 Å². The summed E-state index contributed by atoms with van der Waals surface area (Å²) in [5.74, 6) is 1.63. The highest BCUT2D eigenvalue weighted by Crippen LogP contribution is 2.34. The molecule has 1 aromatic heterocycles. The lowest BCUT2D eigenvalue weighted by molar-refractivity contribution is 0.171. The van der Waals surface area contributed by atoms with Crippen LogP contribution in [0.3, 0.4) is 0 Å². The van der Waals surface area contributed by atoms with E-state index in [4.69, 9.17) is 13.9 Å². The van der Waals surface area contributed by atoms with Gasteiger partial charge in [-0.25, -0.2) is 0 Å². The van der Waals surface area contributed by atoms with E-state index < -0.39 is 0 Å². The smallest absolute Gasteiger partial charge is 0.161 e. The maximum absolute atomic E-state index is 5.63. The monoisotopic (exact) mass is 259 g/mol. The van der Waals surface area contributed by atoms with Crippen LogP contribution in [0.4, 0.5) is 0 Å². The zero-order chi connectivity index (χ0) is 13.1. The van der Waals surface area contributed by atoms with Crippen LogP contribution < -0.4 is 14.8 Å². The number of nitrogens with one attached hydrogen (secondary N) is 1. The highest BCUT2D eigenvalue weighted by Gasteiger charge is 2.18. The molecule has 0 aliphatic carbocycles. The molecule has 100 valence electrons. The predicted molar refractivity (Wildman–Crippen MR) is 71.7 cm³/mol. The van der Waals surface area contributed by atoms with Crippen molar-refractivity contribution in [2.75, 3.05) is 19.8 Å². The van der Waals surface area contributed by atoms with Crippen molar-refractivity contribution in [3.8, 4) is 11.5 Å². The van der Waals surface area contributed by atoms with Crippen LogP contribution in [0, 0.1) is 0 Å². The number of furan rings is 1. The van der Waals surface area contributed by atoms with E-state index in [9.17, 15) is 0 Å². The Morgan fingerprint density at radius 1 is 1.11 bits per heavy atom. The summed E-state index contributed by atoms with van der Waals surface area (Å²) in [5, 5.41) is 3.45. The third-order valence-corrected chi connectivity index (χ3v) is 3.18. The van der Waals surface area contributed by atoms with E-state index in [1.807, 2.05) is 18.2 Å². The second kappa shape index (κ2) is 5.36. The number of rotatable bonds is 4. The predicted octanol–water partition coefficient (Wildman–Crippen LogP) is 2.75. The molecule has 3 rings (SSSR count). The van der Waals surface area contributed by atoms with Gasteiger partial charge in [0.2, 0.25) is 0 Å². The first-order chi connectivity index (χ1) is 9.38. The van der Waals surface area contributed by atoms with Crippen LogP contribution >= 0.6 is 0 Å². The largest absolute Gasteiger partial charge is 0.486 e. The van der Waals surface area contributed by atoms with Crippen molar-refractivity contribution >= 4 is 0 Å². The van der Waals surface area contributed by atoms with Crippen LogP contribution in [0.1, 0.15) is 24.1 Å². The van der Waals surface area contributed by atoms with Gasteiger partial charge in [0.25, 0.3) is 0 Å². The fraction of sp³-hybridized carbons (Fsp3) is 0.333. The molecule has 1 aliphatic rings. The molecule has 4 heteroatoms. The summed E-state index contributed by atoms with van der Waals surface area (Å²) in [6, 6.07) is 8.15. The molecular formula is C15H17NO3. The number of benzene rings is 1. The van der Waals surface area contributed by atoms with Crippen LogP contribution in [0.2, 0.25) is 0 Å². The van der Waals surface area contributed by atoms with Crippen LogP contribution in [-0.4, -0.2) is 19.8 Å². The normalized spacial score (nSPS) is 15.2. The van der Waals surface area contributed by atoms with Gasteiger partial charge in [0.1, 0.15) is 13.2 Å². The Kier molecular flexibility index (Phi) is 3.42. The SMILES string of the molecule is CCNC(c1ccoc1)c1ccc2c(c1)OCCO2. The lowest BCUT2D eigenvalue weighted by Gasteiger charge is -2.22. The standard InChI is InChI=1S/C15H17NO3/c1-2-16-15(12-5-6-17-10-12)11-3-4-13-14(9-11)19-8-7-18-13/h3-6,9-10,15-16H,2,7-8H2,1H3. The average Bonchev–Trinajstić information content (AvgIpc) is 2.98. The first-order valence-corrected chi connectivity index (χ1v) is 6.53. The second-order valence-corrected chi connectivity index (χ2v) is 4.45. The third kappa shape index (κ3) is 2.44. The topological polar surface area (TPSA) is 43.6 Å². The van der Waals surface area contributed by atoms with Crippen molar-refractivity contribution in [1.82, 2.24) is 5.32 Å². The minimum atomic E-state index is 0.111. The van der Waals surface area contributed by atoms with Gasteiger partial charge in [-0.05, 0) is 30.3 Å². The van der Waals surface area contributed by atoms with Gasteiger partial charge in [0.05, 0.1) is 18.6 Å². The number of fused-ring (bicyclic) bond motifs is 1. The Hall–Kier alpha value is -1.94. The zero-order valence-electron chi connectivity index (χ0n) is 10.9. The summed E-state index contributed by atoms with van der Waals surface area (Å²) >= 11 is 0. The maximum Gasteiger partial charge on any atom is 0.161 e. The maximum atomic E-state index is 5.63. The minimum absolute atomic E-state index is 0.111. The van der Waals surface area contributed by atoms with Crippen molar-refractivity contribution in [2.24, 2.45) is 0 Å². The van der Waals surface area contributed by atoms with Crippen molar-refractivity contribution in [3.63, 3.8) is 0 Å².